The lowest BCUT2D eigenvalue weighted by molar-refractivity contribution is -0.140. The van der Waals surface area contributed by atoms with Crippen LogP contribution in [-0.4, -0.2) is 51.4 Å². The second kappa shape index (κ2) is 14.9. The molecule has 0 saturated carbocycles. The summed E-state index contributed by atoms with van der Waals surface area (Å²) in [6, 6.07) is 25.7. The second-order valence-corrected chi connectivity index (χ2v) is 12.2. The number of hydrogen-bond donors (Lipinski definition) is 1. The van der Waals surface area contributed by atoms with Crippen molar-refractivity contribution in [3.05, 3.63) is 125 Å². The smallest absolute Gasteiger partial charge is 0.264 e. The third-order valence-corrected chi connectivity index (χ3v) is 8.97. The maximum Gasteiger partial charge on any atom is 0.264 e. The topological polar surface area (TPSA) is 96.0 Å². The molecule has 0 heterocycles. The summed E-state index contributed by atoms with van der Waals surface area (Å²) in [7, 11) is -2.81. The fraction of sp³-hybridized carbons (Fsp3) is 0.212. The van der Waals surface area contributed by atoms with Crippen molar-refractivity contribution >= 4 is 39.1 Å². The summed E-state index contributed by atoms with van der Waals surface area (Å²) in [5, 5.41) is 3.19. The number of likely N-dealkylation sites (N-methyl/N-ethyl adjacent to an activating group) is 1. The van der Waals surface area contributed by atoms with E-state index in [2.05, 4.69) is 5.32 Å². The molecule has 0 bridgehead atoms. The molecule has 0 aromatic heterocycles. The van der Waals surface area contributed by atoms with Crippen molar-refractivity contribution in [2.24, 2.45) is 0 Å². The fourth-order valence-corrected chi connectivity index (χ4v) is 6.18. The number of rotatable bonds is 13. The lowest BCUT2D eigenvalue weighted by Crippen LogP contribution is -2.53. The van der Waals surface area contributed by atoms with Crippen molar-refractivity contribution in [2.75, 3.05) is 24.5 Å². The molecule has 2 amide bonds. The molecule has 4 rings (SSSR count). The maximum absolute atomic E-state index is 14.3. The Morgan fingerprint density at radius 1 is 0.886 bits per heavy atom. The number of amides is 2. The van der Waals surface area contributed by atoms with Crippen LogP contribution in [0, 0.1) is 5.82 Å². The van der Waals surface area contributed by atoms with E-state index in [-0.39, 0.29) is 23.5 Å². The Kier molecular flexibility index (Phi) is 11.0. The number of nitrogens with one attached hydrogen (secondary N) is 1. The Morgan fingerprint density at radius 3 is 2.11 bits per heavy atom. The number of halogens is 2. The monoisotopic (exact) mass is 637 g/mol. The molecule has 0 saturated heterocycles. The van der Waals surface area contributed by atoms with Gasteiger partial charge in [-0.15, -0.1) is 0 Å². The molecular weight excluding hydrogens is 605 g/mol. The van der Waals surface area contributed by atoms with Crippen LogP contribution in [0.2, 0.25) is 5.02 Å². The van der Waals surface area contributed by atoms with Crippen LogP contribution >= 0.6 is 11.6 Å². The predicted molar refractivity (Wildman–Crippen MR) is 169 cm³/mol. The highest BCUT2D eigenvalue weighted by molar-refractivity contribution is 7.92. The SMILES string of the molecule is CCNC(=O)C(Cc1ccccc1)N(Cc1ccc(F)cc1)C(=O)CN(c1ccc(Cl)cc1)S(=O)(=O)c1ccc(OC)cc1. The van der Waals surface area contributed by atoms with Crippen molar-refractivity contribution in [3.63, 3.8) is 0 Å². The average Bonchev–Trinajstić information content (AvgIpc) is 3.03. The molecule has 230 valence electrons. The standard InChI is InChI=1S/C33H33ClFN3O5S/c1-3-36-33(40)31(21-24-7-5-4-6-8-24)37(22-25-9-13-27(35)14-10-25)32(39)23-38(28-15-11-26(34)12-16-28)44(41,42)30-19-17-29(43-2)18-20-30/h4-20,31H,3,21-23H2,1-2H3,(H,36,40). The summed E-state index contributed by atoms with van der Waals surface area (Å²) < 4.78 is 48.0. The van der Waals surface area contributed by atoms with E-state index in [4.69, 9.17) is 16.3 Å². The zero-order valence-electron chi connectivity index (χ0n) is 24.3. The number of sulfonamides is 1. The van der Waals surface area contributed by atoms with E-state index in [0.29, 0.717) is 22.9 Å². The lowest BCUT2D eigenvalue weighted by Gasteiger charge is -2.33. The van der Waals surface area contributed by atoms with E-state index in [1.165, 1.54) is 84.8 Å². The first-order chi connectivity index (χ1) is 21.1. The highest BCUT2D eigenvalue weighted by Crippen LogP contribution is 2.27. The highest BCUT2D eigenvalue weighted by atomic mass is 35.5. The first-order valence-corrected chi connectivity index (χ1v) is 15.7. The Morgan fingerprint density at radius 2 is 1.52 bits per heavy atom. The number of methoxy groups -OCH3 is 1. The van der Waals surface area contributed by atoms with E-state index in [1.807, 2.05) is 30.3 Å². The van der Waals surface area contributed by atoms with Gasteiger partial charge in [0.05, 0.1) is 17.7 Å². The van der Waals surface area contributed by atoms with Gasteiger partial charge >= 0.3 is 0 Å². The van der Waals surface area contributed by atoms with Crippen molar-refractivity contribution in [2.45, 2.75) is 30.8 Å². The first kappa shape index (κ1) is 32.5. The molecule has 0 fully saturated rings. The van der Waals surface area contributed by atoms with Crippen molar-refractivity contribution in [1.29, 1.82) is 0 Å². The normalized spacial score (nSPS) is 11.8. The van der Waals surface area contributed by atoms with Gasteiger partial charge in [-0.25, -0.2) is 12.8 Å². The van der Waals surface area contributed by atoms with Crippen LogP contribution in [0.5, 0.6) is 5.75 Å². The number of anilines is 1. The van der Waals surface area contributed by atoms with Crippen molar-refractivity contribution in [3.8, 4) is 5.75 Å². The predicted octanol–water partition coefficient (Wildman–Crippen LogP) is 5.46. The summed E-state index contributed by atoms with van der Waals surface area (Å²) >= 11 is 6.09. The van der Waals surface area contributed by atoms with Crippen molar-refractivity contribution < 1.29 is 27.1 Å². The first-order valence-electron chi connectivity index (χ1n) is 13.9. The van der Waals surface area contributed by atoms with Crippen LogP contribution in [0.15, 0.2) is 108 Å². The molecule has 1 N–H and O–H groups in total. The van der Waals surface area contributed by atoms with Gasteiger partial charge < -0.3 is 15.0 Å². The van der Waals surface area contributed by atoms with Crippen LogP contribution in [0.4, 0.5) is 10.1 Å². The second-order valence-electron chi connectivity index (χ2n) is 9.91. The summed E-state index contributed by atoms with van der Waals surface area (Å²) in [6.45, 7) is 1.41. The molecule has 4 aromatic carbocycles. The fourth-order valence-electron chi connectivity index (χ4n) is 4.64. The minimum atomic E-state index is -4.28. The van der Waals surface area contributed by atoms with Crippen LogP contribution in [0.1, 0.15) is 18.1 Å². The minimum absolute atomic E-state index is 0.0595. The highest BCUT2D eigenvalue weighted by Gasteiger charge is 2.34. The number of ether oxygens (including phenoxy) is 1. The summed E-state index contributed by atoms with van der Waals surface area (Å²) in [5.74, 6) is -1.01. The van der Waals surface area contributed by atoms with Gasteiger partial charge in [0.1, 0.15) is 24.2 Å². The Hall–Kier alpha value is -4.41. The summed E-state index contributed by atoms with van der Waals surface area (Å²) in [4.78, 5) is 29.1. The van der Waals surface area contributed by atoms with Gasteiger partial charge in [0.2, 0.25) is 11.8 Å². The number of carbonyl (C=O) groups excluding carboxylic acids is 2. The van der Waals surface area contributed by atoms with Gasteiger partial charge in [-0.3, -0.25) is 13.9 Å². The maximum atomic E-state index is 14.3. The molecule has 1 unspecified atom stereocenters. The quantitative estimate of drug-likeness (QED) is 0.210. The number of carbonyl (C=O) groups is 2. The summed E-state index contributed by atoms with van der Waals surface area (Å²) in [5.41, 5.74) is 1.58. The molecule has 8 nitrogen and oxygen atoms in total. The molecule has 1 atom stereocenters. The van der Waals surface area contributed by atoms with E-state index in [1.54, 1.807) is 6.92 Å². The largest absolute Gasteiger partial charge is 0.497 e. The molecule has 0 radical (unpaired) electrons. The van der Waals surface area contributed by atoms with Crippen LogP contribution in [-0.2, 0) is 32.6 Å². The van der Waals surface area contributed by atoms with Crippen molar-refractivity contribution in [1.82, 2.24) is 10.2 Å². The number of nitrogens with zero attached hydrogens (tertiary/aromatic N) is 2. The molecule has 0 aliphatic heterocycles. The molecule has 4 aromatic rings. The van der Waals surface area contributed by atoms with Gasteiger partial charge in [-0.1, -0.05) is 54.1 Å². The lowest BCUT2D eigenvalue weighted by atomic mass is 10.0. The van der Waals surface area contributed by atoms with Gasteiger partial charge in [0.25, 0.3) is 10.0 Å². The Labute approximate surface area is 262 Å². The zero-order chi connectivity index (χ0) is 31.7. The molecule has 0 aliphatic rings. The minimum Gasteiger partial charge on any atom is -0.497 e. The molecular formula is C33H33ClFN3O5S. The third kappa shape index (κ3) is 8.15. The molecule has 11 heteroatoms. The Bertz CT molecular complexity index is 1650. The summed E-state index contributed by atoms with van der Waals surface area (Å²) in [6.07, 6.45) is 0.172. The van der Waals surface area contributed by atoms with Crippen LogP contribution in [0.3, 0.4) is 0 Å². The third-order valence-electron chi connectivity index (χ3n) is 6.93. The number of hydrogen-bond acceptors (Lipinski definition) is 5. The van der Waals surface area contributed by atoms with Gasteiger partial charge in [-0.05, 0) is 78.7 Å². The van der Waals surface area contributed by atoms with E-state index in [9.17, 15) is 22.4 Å². The van der Waals surface area contributed by atoms with E-state index < -0.39 is 40.2 Å². The van der Waals surface area contributed by atoms with Gasteiger partial charge in [0.15, 0.2) is 0 Å². The van der Waals surface area contributed by atoms with Crippen LogP contribution < -0.4 is 14.4 Å². The molecule has 0 spiro atoms. The molecule has 44 heavy (non-hydrogen) atoms. The van der Waals surface area contributed by atoms with E-state index in [0.717, 1.165) is 9.87 Å². The Balaban J connectivity index is 1.78. The zero-order valence-corrected chi connectivity index (χ0v) is 25.9. The van der Waals surface area contributed by atoms with Gasteiger partial charge in [0, 0.05) is 24.5 Å². The van der Waals surface area contributed by atoms with E-state index >= 15 is 0 Å². The van der Waals surface area contributed by atoms with Crippen LogP contribution in [0.25, 0.3) is 0 Å². The van der Waals surface area contributed by atoms with Gasteiger partial charge in [-0.2, -0.15) is 0 Å². The molecule has 0 aliphatic carbocycles. The average molecular weight is 638 g/mol. The number of benzene rings is 4.